The SMILES string of the molecule is CCc1ccc([C@H]2C[C@H]3CCC(C2C(=O)OC/C=C/c2ccccc2)N3C)cc1I. The Labute approximate surface area is 193 Å². The van der Waals surface area contributed by atoms with Crippen molar-refractivity contribution in [3.63, 3.8) is 0 Å². The van der Waals surface area contributed by atoms with E-state index in [9.17, 15) is 4.79 Å². The van der Waals surface area contributed by atoms with E-state index >= 15 is 0 Å². The van der Waals surface area contributed by atoms with Crippen LogP contribution in [0.5, 0.6) is 0 Å². The Morgan fingerprint density at radius 1 is 1.20 bits per heavy atom. The van der Waals surface area contributed by atoms with Crippen molar-refractivity contribution in [3.05, 3.63) is 74.9 Å². The molecule has 158 valence electrons. The van der Waals surface area contributed by atoms with Gasteiger partial charge in [-0.2, -0.15) is 0 Å². The molecule has 4 atom stereocenters. The summed E-state index contributed by atoms with van der Waals surface area (Å²) < 4.78 is 7.08. The number of carbonyl (C=O) groups is 1. The molecule has 0 aromatic heterocycles. The molecule has 0 N–H and O–H groups in total. The Morgan fingerprint density at radius 3 is 2.73 bits per heavy atom. The number of halogens is 1. The molecule has 30 heavy (non-hydrogen) atoms. The lowest BCUT2D eigenvalue weighted by Gasteiger charge is -2.42. The van der Waals surface area contributed by atoms with Crippen LogP contribution in [0.1, 0.15) is 48.8 Å². The molecular formula is C26H30INO2. The highest BCUT2D eigenvalue weighted by Gasteiger charge is 2.49. The number of carbonyl (C=O) groups excluding carboxylic acids is 1. The number of ether oxygens (including phenoxy) is 1. The fraction of sp³-hybridized carbons (Fsp3) is 0.423. The Kier molecular flexibility index (Phi) is 6.94. The van der Waals surface area contributed by atoms with E-state index in [1.165, 1.54) is 21.1 Å². The zero-order valence-corrected chi connectivity index (χ0v) is 19.9. The summed E-state index contributed by atoms with van der Waals surface area (Å²) in [6.45, 7) is 2.51. The van der Waals surface area contributed by atoms with E-state index in [2.05, 4.69) is 59.7 Å². The van der Waals surface area contributed by atoms with E-state index < -0.39 is 0 Å². The molecule has 0 saturated carbocycles. The highest BCUT2D eigenvalue weighted by Crippen LogP contribution is 2.47. The molecule has 2 aliphatic rings. The standard InChI is InChI=1S/C26H30INO2/c1-3-19-11-12-20(16-23(19)27)22-17-21-13-14-24(28(21)2)25(22)26(29)30-15-7-10-18-8-5-4-6-9-18/h4-12,16,21-22,24-25H,3,13-15,17H2,1-2H3/b10-7+/t21-,22-,24?,25?/m1/s1. The summed E-state index contributed by atoms with van der Waals surface area (Å²) in [5, 5.41) is 0. The van der Waals surface area contributed by atoms with Gasteiger partial charge in [-0.3, -0.25) is 9.69 Å². The molecule has 0 spiro atoms. The number of hydrogen-bond acceptors (Lipinski definition) is 3. The van der Waals surface area contributed by atoms with Crippen molar-refractivity contribution in [2.45, 2.75) is 50.6 Å². The Hall–Kier alpha value is -1.66. The number of esters is 1. The largest absolute Gasteiger partial charge is 0.461 e. The van der Waals surface area contributed by atoms with Crippen LogP contribution in [0, 0.1) is 9.49 Å². The second-order valence-corrected chi connectivity index (χ2v) is 9.64. The Balaban J connectivity index is 1.50. The zero-order valence-electron chi connectivity index (χ0n) is 17.8. The first kappa shape index (κ1) is 21.6. The fourth-order valence-electron chi connectivity index (χ4n) is 5.19. The monoisotopic (exact) mass is 515 g/mol. The predicted octanol–water partition coefficient (Wildman–Crippen LogP) is 5.68. The van der Waals surface area contributed by atoms with Crippen molar-refractivity contribution >= 4 is 34.6 Å². The van der Waals surface area contributed by atoms with Gasteiger partial charge >= 0.3 is 5.97 Å². The minimum absolute atomic E-state index is 0.0514. The molecule has 2 aliphatic heterocycles. The van der Waals surface area contributed by atoms with Crippen LogP contribution in [0.4, 0.5) is 0 Å². The second-order valence-electron chi connectivity index (χ2n) is 8.48. The van der Waals surface area contributed by atoms with Gasteiger partial charge in [0.2, 0.25) is 0 Å². The van der Waals surface area contributed by atoms with Gasteiger partial charge in [-0.15, -0.1) is 0 Å². The third-order valence-electron chi connectivity index (χ3n) is 6.86. The van der Waals surface area contributed by atoms with Crippen LogP contribution in [0.3, 0.4) is 0 Å². The molecule has 2 aromatic carbocycles. The number of rotatable bonds is 6. The quantitative estimate of drug-likeness (QED) is 0.367. The summed E-state index contributed by atoms with van der Waals surface area (Å²) >= 11 is 2.43. The van der Waals surface area contributed by atoms with E-state index in [1.807, 2.05) is 42.5 Å². The second kappa shape index (κ2) is 9.65. The molecule has 2 heterocycles. The van der Waals surface area contributed by atoms with Gasteiger partial charge < -0.3 is 4.74 Å². The zero-order chi connectivity index (χ0) is 21.1. The molecule has 4 rings (SSSR count). The summed E-state index contributed by atoms with van der Waals surface area (Å²) in [7, 11) is 2.18. The number of hydrogen-bond donors (Lipinski definition) is 0. The van der Waals surface area contributed by atoms with E-state index in [0.717, 1.165) is 24.8 Å². The van der Waals surface area contributed by atoms with Crippen molar-refractivity contribution in [1.29, 1.82) is 0 Å². The minimum atomic E-state index is -0.0952. The first-order valence-corrected chi connectivity index (χ1v) is 12.0. The molecule has 2 fully saturated rings. The van der Waals surface area contributed by atoms with E-state index in [-0.39, 0.29) is 23.8 Å². The van der Waals surface area contributed by atoms with Crippen molar-refractivity contribution in [2.75, 3.05) is 13.7 Å². The van der Waals surface area contributed by atoms with Gasteiger partial charge in [0.25, 0.3) is 0 Å². The molecule has 0 amide bonds. The maximum atomic E-state index is 13.2. The average Bonchev–Trinajstić information content (AvgIpc) is 2.99. The van der Waals surface area contributed by atoms with Crippen molar-refractivity contribution < 1.29 is 9.53 Å². The molecular weight excluding hydrogens is 485 g/mol. The van der Waals surface area contributed by atoms with Gasteiger partial charge in [-0.05, 0) is 84.2 Å². The van der Waals surface area contributed by atoms with Crippen LogP contribution >= 0.6 is 22.6 Å². The van der Waals surface area contributed by atoms with E-state index in [4.69, 9.17) is 4.74 Å². The smallest absolute Gasteiger partial charge is 0.311 e. The number of aryl methyl sites for hydroxylation is 1. The van der Waals surface area contributed by atoms with Gasteiger partial charge in [-0.25, -0.2) is 0 Å². The molecule has 2 unspecified atom stereocenters. The molecule has 2 saturated heterocycles. The average molecular weight is 515 g/mol. The van der Waals surface area contributed by atoms with Crippen LogP contribution < -0.4 is 0 Å². The molecule has 2 bridgehead atoms. The van der Waals surface area contributed by atoms with Gasteiger partial charge in [0.1, 0.15) is 6.61 Å². The fourth-order valence-corrected chi connectivity index (χ4v) is 6.11. The molecule has 4 heteroatoms. The van der Waals surface area contributed by atoms with Crippen LogP contribution in [0.15, 0.2) is 54.6 Å². The van der Waals surface area contributed by atoms with E-state index in [0.29, 0.717) is 12.6 Å². The lowest BCUT2D eigenvalue weighted by Crippen LogP contribution is -2.49. The number of piperidine rings is 1. The van der Waals surface area contributed by atoms with Crippen LogP contribution in [-0.2, 0) is 16.0 Å². The predicted molar refractivity (Wildman–Crippen MR) is 130 cm³/mol. The van der Waals surface area contributed by atoms with Crippen LogP contribution in [-0.4, -0.2) is 36.6 Å². The van der Waals surface area contributed by atoms with Crippen molar-refractivity contribution in [3.8, 4) is 0 Å². The minimum Gasteiger partial charge on any atom is -0.461 e. The first-order chi connectivity index (χ1) is 14.6. The third kappa shape index (κ3) is 4.50. The van der Waals surface area contributed by atoms with Gasteiger partial charge in [0, 0.05) is 21.6 Å². The number of fused-ring (bicyclic) bond motifs is 2. The summed E-state index contributed by atoms with van der Waals surface area (Å²) in [4.78, 5) is 15.7. The number of benzene rings is 2. The molecule has 0 radical (unpaired) electrons. The maximum Gasteiger partial charge on any atom is 0.311 e. The molecule has 3 nitrogen and oxygen atoms in total. The summed E-state index contributed by atoms with van der Waals surface area (Å²) in [6.07, 6.45) is 8.28. The summed E-state index contributed by atoms with van der Waals surface area (Å²) in [5.41, 5.74) is 3.79. The maximum absolute atomic E-state index is 13.2. The van der Waals surface area contributed by atoms with Crippen molar-refractivity contribution in [1.82, 2.24) is 4.90 Å². The van der Waals surface area contributed by atoms with Gasteiger partial charge in [0.05, 0.1) is 5.92 Å². The topological polar surface area (TPSA) is 29.5 Å². The van der Waals surface area contributed by atoms with Gasteiger partial charge in [0.15, 0.2) is 0 Å². The molecule has 0 aliphatic carbocycles. The summed E-state index contributed by atoms with van der Waals surface area (Å²) in [5.74, 6) is 0.0929. The number of nitrogens with zero attached hydrogens (tertiary/aromatic N) is 1. The normalized spacial score (nSPS) is 26.2. The van der Waals surface area contributed by atoms with Crippen LogP contribution in [0.25, 0.3) is 6.08 Å². The van der Waals surface area contributed by atoms with Gasteiger partial charge in [-0.1, -0.05) is 55.5 Å². The Morgan fingerprint density at radius 2 is 2.00 bits per heavy atom. The highest BCUT2D eigenvalue weighted by atomic mass is 127. The third-order valence-corrected chi connectivity index (χ3v) is 7.86. The van der Waals surface area contributed by atoms with Crippen LogP contribution in [0.2, 0.25) is 0 Å². The lowest BCUT2D eigenvalue weighted by atomic mass is 9.76. The highest BCUT2D eigenvalue weighted by molar-refractivity contribution is 14.1. The first-order valence-electron chi connectivity index (χ1n) is 11.0. The molecule has 2 aromatic rings. The lowest BCUT2D eigenvalue weighted by molar-refractivity contribution is -0.152. The summed E-state index contributed by atoms with van der Waals surface area (Å²) in [6, 6.07) is 17.7. The van der Waals surface area contributed by atoms with Crippen molar-refractivity contribution in [2.24, 2.45) is 5.92 Å². The van der Waals surface area contributed by atoms with E-state index in [1.54, 1.807) is 0 Å². The Bertz CT molecular complexity index is 911.